The SMILES string of the molecule is O=C(Nc1nncs1)C(=O)N1CC2CN(C(=O)c3ccc(Nc4nc(CC5(c6ccc(Cl)cc6)CC5)nc(OCC(F)(F)F)n4)cc3)CC2C1. The number of carbonyl (C=O) groups is 3. The molecule has 2 unspecified atom stereocenters. The molecule has 2 atom stereocenters. The van der Waals surface area contributed by atoms with E-state index in [4.69, 9.17) is 16.3 Å². The molecule has 260 valence electrons. The topological polar surface area (TPSA) is 155 Å². The lowest BCUT2D eigenvalue weighted by Crippen LogP contribution is -2.40. The first-order chi connectivity index (χ1) is 23.9. The summed E-state index contributed by atoms with van der Waals surface area (Å²) in [6.45, 7) is 0.0581. The van der Waals surface area contributed by atoms with Crippen molar-refractivity contribution in [2.24, 2.45) is 11.8 Å². The second-order valence-electron chi connectivity index (χ2n) is 12.6. The smallest absolute Gasteiger partial charge is 0.422 e. The first-order valence-electron chi connectivity index (χ1n) is 15.7. The highest BCUT2D eigenvalue weighted by atomic mass is 35.5. The third-order valence-corrected chi connectivity index (χ3v) is 9.91. The molecule has 3 fully saturated rings. The molecule has 0 radical (unpaired) electrons. The number of halogens is 4. The molecule has 2 saturated heterocycles. The van der Waals surface area contributed by atoms with Gasteiger partial charge in [0.15, 0.2) is 6.61 Å². The molecular weight excluding hydrogens is 699 g/mol. The minimum Gasteiger partial charge on any atom is -0.454 e. The highest BCUT2D eigenvalue weighted by Gasteiger charge is 2.46. The van der Waals surface area contributed by atoms with Crippen molar-refractivity contribution in [2.75, 3.05) is 43.4 Å². The zero-order valence-electron chi connectivity index (χ0n) is 26.2. The van der Waals surface area contributed by atoms with Crippen LogP contribution in [0.25, 0.3) is 0 Å². The summed E-state index contributed by atoms with van der Waals surface area (Å²) in [5.41, 5.74) is 3.16. The van der Waals surface area contributed by atoms with Crippen molar-refractivity contribution < 1.29 is 32.3 Å². The quantitative estimate of drug-likeness (QED) is 0.236. The van der Waals surface area contributed by atoms with Crippen molar-refractivity contribution in [2.45, 2.75) is 30.9 Å². The maximum atomic E-state index is 13.4. The Hall–Kier alpha value is -4.90. The average molecular weight is 728 g/mol. The maximum absolute atomic E-state index is 13.4. The fraction of sp³-hybridized carbons (Fsp3) is 0.375. The van der Waals surface area contributed by atoms with Crippen molar-refractivity contribution in [1.82, 2.24) is 34.9 Å². The number of fused-ring (bicyclic) bond motifs is 1. The summed E-state index contributed by atoms with van der Waals surface area (Å²) in [4.78, 5) is 54.3. The van der Waals surface area contributed by atoms with E-state index in [0.717, 1.165) is 29.7 Å². The molecule has 2 N–H and O–H groups in total. The largest absolute Gasteiger partial charge is 0.454 e. The number of ether oxygens (including phenoxy) is 1. The molecule has 7 rings (SSSR count). The number of aromatic nitrogens is 5. The van der Waals surface area contributed by atoms with E-state index in [1.165, 1.54) is 10.4 Å². The van der Waals surface area contributed by atoms with Crippen LogP contribution >= 0.6 is 22.9 Å². The fourth-order valence-corrected chi connectivity index (χ4v) is 6.99. The van der Waals surface area contributed by atoms with Gasteiger partial charge in [-0.15, -0.1) is 10.2 Å². The Bertz CT molecular complexity index is 1880. The Morgan fingerprint density at radius 2 is 1.62 bits per heavy atom. The number of anilines is 3. The Balaban J connectivity index is 0.984. The summed E-state index contributed by atoms with van der Waals surface area (Å²) in [6.07, 6.45) is -2.50. The monoisotopic (exact) mass is 727 g/mol. The molecule has 0 bridgehead atoms. The van der Waals surface area contributed by atoms with Crippen molar-refractivity contribution in [3.05, 3.63) is 76.0 Å². The molecule has 4 aromatic rings. The van der Waals surface area contributed by atoms with Crippen LogP contribution in [0.5, 0.6) is 6.01 Å². The lowest BCUT2D eigenvalue weighted by atomic mass is 9.92. The second-order valence-corrected chi connectivity index (χ2v) is 13.8. The molecule has 50 heavy (non-hydrogen) atoms. The minimum atomic E-state index is -4.58. The number of nitrogens with one attached hydrogen (secondary N) is 2. The molecule has 13 nitrogen and oxygen atoms in total. The Morgan fingerprint density at radius 3 is 2.24 bits per heavy atom. The van der Waals surface area contributed by atoms with E-state index < -0.39 is 30.6 Å². The van der Waals surface area contributed by atoms with Crippen molar-refractivity contribution >= 4 is 57.4 Å². The van der Waals surface area contributed by atoms with Crippen LogP contribution < -0.4 is 15.4 Å². The normalized spacial score (nSPS) is 19.2. The van der Waals surface area contributed by atoms with Gasteiger partial charge in [-0.2, -0.15) is 28.1 Å². The molecule has 2 aromatic carbocycles. The zero-order chi connectivity index (χ0) is 35.0. The molecular formula is C32H29ClF3N9O4S. The summed E-state index contributed by atoms with van der Waals surface area (Å²) in [5, 5.41) is 13.7. The van der Waals surface area contributed by atoms with Gasteiger partial charge in [0.1, 0.15) is 11.3 Å². The number of likely N-dealkylation sites (tertiary alicyclic amines) is 2. The first kappa shape index (κ1) is 33.6. The predicted molar refractivity (Wildman–Crippen MR) is 175 cm³/mol. The molecule has 4 heterocycles. The molecule has 3 aliphatic rings. The van der Waals surface area contributed by atoms with Gasteiger partial charge in [0, 0.05) is 66.1 Å². The van der Waals surface area contributed by atoms with E-state index in [-0.39, 0.29) is 40.1 Å². The number of rotatable bonds is 9. The van der Waals surface area contributed by atoms with Crippen LogP contribution in [0.4, 0.5) is 29.9 Å². The molecule has 0 spiro atoms. The van der Waals surface area contributed by atoms with Gasteiger partial charge >= 0.3 is 24.0 Å². The number of hydrogen-bond acceptors (Lipinski definition) is 11. The van der Waals surface area contributed by atoms with Crippen LogP contribution in [0.2, 0.25) is 5.02 Å². The van der Waals surface area contributed by atoms with E-state index in [0.29, 0.717) is 48.9 Å². The molecule has 18 heteroatoms. The highest BCUT2D eigenvalue weighted by Crippen LogP contribution is 2.50. The molecule has 1 aliphatic carbocycles. The fourth-order valence-electron chi connectivity index (χ4n) is 6.42. The Kier molecular flexibility index (Phi) is 9.02. The van der Waals surface area contributed by atoms with Crippen molar-refractivity contribution in [3.8, 4) is 6.01 Å². The molecule has 2 aliphatic heterocycles. The number of benzene rings is 2. The van der Waals surface area contributed by atoms with Crippen LogP contribution in [0.1, 0.15) is 34.6 Å². The second kappa shape index (κ2) is 13.4. The lowest BCUT2D eigenvalue weighted by Gasteiger charge is -2.21. The van der Waals surface area contributed by atoms with E-state index in [9.17, 15) is 27.6 Å². The van der Waals surface area contributed by atoms with Gasteiger partial charge in [-0.05, 0) is 54.8 Å². The van der Waals surface area contributed by atoms with Crippen molar-refractivity contribution in [1.29, 1.82) is 0 Å². The van der Waals surface area contributed by atoms with Gasteiger partial charge in [-0.1, -0.05) is 35.1 Å². The van der Waals surface area contributed by atoms with E-state index in [1.54, 1.807) is 41.3 Å². The van der Waals surface area contributed by atoms with E-state index in [2.05, 4.69) is 35.8 Å². The van der Waals surface area contributed by atoms with Gasteiger partial charge in [0.2, 0.25) is 11.1 Å². The number of hydrogen-bond donors (Lipinski definition) is 2. The Labute approximate surface area is 292 Å². The molecule has 2 aromatic heterocycles. The Morgan fingerprint density at radius 1 is 0.940 bits per heavy atom. The number of alkyl halides is 3. The summed E-state index contributed by atoms with van der Waals surface area (Å²) in [7, 11) is 0. The van der Waals surface area contributed by atoms with Gasteiger partial charge in [-0.25, -0.2) is 0 Å². The number of nitrogens with zero attached hydrogens (tertiary/aromatic N) is 7. The van der Waals surface area contributed by atoms with Crippen LogP contribution in [0, 0.1) is 11.8 Å². The first-order valence-corrected chi connectivity index (χ1v) is 16.9. The zero-order valence-corrected chi connectivity index (χ0v) is 27.8. The van der Waals surface area contributed by atoms with E-state index >= 15 is 0 Å². The third kappa shape index (κ3) is 7.62. The van der Waals surface area contributed by atoms with E-state index in [1.807, 2.05) is 12.1 Å². The lowest BCUT2D eigenvalue weighted by molar-refractivity contribution is -0.154. The van der Waals surface area contributed by atoms with Crippen LogP contribution in [-0.4, -0.2) is 91.6 Å². The molecule has 1 saturated carbocycles. The van der Waals surface area contributed by atoms with Crippen LogP contribution in [0.3, 0.4) is 0 Å². The van der Waals surface area contributed by atoms with Crippen molar-refractivity contribution in [3.63, 3.8) is 0 Å². The van der Waals surface area contributed by atoms with Gasteiger partial charge < -0.3 is 19.9 Å². The summed E-state index contributed by atoms with van der Waals surface area (Å²) in [6, 6.07) is 13.6. The van der Waals surface area contributed by atoms with Crippen LogP contribution in [0.15, 0.2) is 54.0 Å². The standard InChI is InChI=1S/C32H29ClF3N9O4S/c33-22-5-3-21(4-6-22)31(9-10-31)11-24-39-28(42-29(40-24)49-16-32(34,35)36)38-23-7-1-18(2-8-23)26(47)44-12-19-14-45(15-20(19)13-44)27(48)25(46)41-30-43-37-17-50-30/h1-8,17,19-20H,9-16H2,(H,41,43,46)(H,38,39,40,42). The highest BCUT2D eigenvalue weighted by molar-refractivity contribution is 7.13. The summed E-state index contributed by atoms with van der Waals surface area (Å²) < 4.78 is 43.8. The average Bonchev–Trinajstić information content (AvgIpc) is 3.38. The maximum Gasteiger partial charge on any atom is 0.422 e. The van der Waals surface area contributed by atoms with Crippen LogP contribution in [-0.2, 0) is 21.4 Å². The third-order valence-electron chi connectivity index (χ3n) is 9.06. The van der Waals surface area contributed by atoms with Gasteiger partial charge in [-0.3, -0.25) is 19.7 Å². The predicted octanol–water partition coefficient (Wildman–Crippen LogP) is 4.50. The summed E-state index contributed by atoms with van der Waals surface area (Å²) >= 11 is 7.17. The summed E-state index contributed by atoms with van der Waals surface area (Å²) in [5.74, 6) is -1.24. The number of carbonyl (C=O) groups excluding carboxylic acids is 3. The minimum absolute atomic E-state index is 0.00151. The molecule has 3 amide bonds. The van der Waals surface area contributed by atoms with Gasteiger partial charge in [0.05, 0.1) is 0 Å². The van der Waals surface area contributed by atoms with Gasteiger partial charge in [0.25, 0.3) is 5.91 Å². The number of amides is 3.